The molecule has 0 spiro atoms. The third kappa shape index (κ3) is 12.7. The van der Waals surface area contributed by atoms with E-state index in [0.29, 0.717) is 51.6 Å². The number of nitrogens with zero attached hydrogens (tertiary/aromatic N) is 1. The minimum Gasteiger partial charge on any atom is -0.458 e. The van der Waals surface area contributed by atoms with E-state index in [1.807, 2.05) is 0 Å². The van der Waals surface area contributed by atoms with E-state index in [1.54, 1.807) is 34.6 Å². The van der Waals surface area contributed by atoms with E-state index in [9.17, 15) is 28.8 Å². The van der Waals surface area contributed by atoms with Gasteiger partial charge in [-0.15, -0.1) is 0 Å². The van der Waals surface area contributed by atoms with E-state index in [-0.39, 0.29) is 30.1 Å². The Balaban J connectivity index is 2.58. The van der Waals surface area contributed by atoms with Crippen LogP contribution in [0, 0.1) is 5.92 Å². The smallest absolute Gasteiger partial charge is 0.329 e. The Bertz CT molecular complexity index is 924. The number of hydrogen-bond donors (Lipinski definition) is 4. The Morgan fingerprint density at radius 3 is 2.05 bits per heavy atom. The molecule has 3 atom stereocenters. The van der Waals surface area contributed by atoms with Crippen molar-refractivity contribution in [3.05, 3.63) is 12.2 Å². The van der Waals surface area contributed by atoms with Crippen LogP contribution in [-0.2, 0) is 33.5 Å². The van der Waals surface area contributed by atoms with Gasteiger partial charge in [0.25, 0.3) is 11.8 Å². The van der Waals surface area contributed by atoms with Crippen LogP contribution in [0.15, 0.2) is 12.2 Å². The average molecular weight is 566 g/mol. The van der Waals surface area contributed by atoms with Gasteiger partial charge in [-0.05, 0) is 72.3 Å². The largest absolute Gasteiger partial charge is 0.458 e. The maximum atomic E-state index is 13.0. The SMILES string of the molecule is CC(NC(=O)C(NC(=O)CCCCCN1C(=O)C=CC1=O)C(C)C)C(=O)NC(CCCCN)C(=O)OC(C)(C)C. The van der Waals surface area contributed by atoms with Crippen molar-refractivity contribution in [2.45, 2.75) is 110 Å². The summed E-state index contributed by atoms with van der Waals surface area (Å²) in [6.07, 6.45) is 6.03. The molecule has 0 fully saturated rings. The number of carbonyl (C=O) groups excluding carboxylic acids is 6. The minimum atomic E-state index is -0.962. The van der Waals surface area contributed by atoms with E-state index >= 15 is 0 Å². The van der Waals surface area contributed by atoms with Gasteiger partial charge in [-0.3, -0.25) is 28.9 Å². The van der Waals surface area contributed by atoms with Crippen molar-refractivity contribution in [2.24, 2.45) is 11.7 Å². The van der Waals surface area contributed by atoms with Crippen LogP contribution in [0.4, 0.5) is 0 Å². The van der Waals surface area contributed by atoms with Crippen molar-refractivity contribution in [2.75, 3.05) is 13.1 Å². The number of nitrogens with two attached hydrogens (primary N) is 1. The topological polar surface area (TPSA) is 177 Å². The van der Waals surface area contributed by atoms with Crippen LogP contribution in [-0.4, -0.2) is 77.2 Å². The number of nitrogens with one attached hydrogen (secondary N) is 3. The molecule has 226 valence electrons. The summed E-state index contributed by atoms with van der Waals surface area (Å²) in [5.74, 6) is -2.83. The lowest BCUT2D eigenvalue weighted by molar-refractivity contribution is -0.159. The molecule has 1 heterocycles. The first kappa shape index (κ1) is 34.7. The summed E-state index contributed by atoms with van der Waals surface area (Å²) in [6, 6.07) is -2.70. The molecule has 40 heavy (non-hydrogen) atoms. The molecule has 3 unspecified atom stereocenters. The fourth-order valence-corrected chi connectivity index (χ4v) is 3.94. The number of hydrogen-bond acceptors (Lipinski definition) is 8. The van der Waals surface area contributed by atoms with Crippen molar-refractivity contribution in [3.63, 3.8) is 0 Å². The fourth-order valence-electron chi connectivity index (χ4n) is 3.94. The molecule has 0 saturated carbocycles. The number of amides is 5. The zero-order valence-electron chi connectivity index (χ0n) is 24.7. The van der Waals surface area contributed by atoms with Crippen molar-refractivity contribution in [1.82, 2.24) is 20.9 Å². The predicted octanol–water partition coefficient (Wildman–Crippen LogP) is 1.07. The molecule has 0 bridgehead atoms. The highest BCUT2D eigenvalue weighted by atomic mass is 16.6. The van der Waals surface area contributed by atoms with E-state index in [1.165, 1.54) is 19.1 Å². The Hall–Kier alpha value is -3.28. The minimum absolute atomic E-state index is 0.174. The van der Waals surface area contributed by atoms with Gasteiger partial charge in [0.15, 0.2) is 0 Å². The summed E-state index contributed by atoms with van der Waals surface area (Å²) < 4.78 is 5.43. The fraction of sp³-hybridized carbons (Fsp3) is 0.714. The van der Waals surface area contributed by atoms with Gasteiger partial charge >= 0.3 is 5.97 Å². The van der Waals surface area contributed by atoms with E-state index in [0.717, 1.165) is 4.90 Å². The predicted molar refractivity (Wildman–Crippen MR) is 149 cm³/mol. The molecule has 12 nitrogen and oxygen atoms in total. The molecule has 0 aromatic rings. The Kier molecular flexibility index (Phi) is 14.5. The Morgan fingerprint density at radius 2 is 1.50 bits per heavy atom. The highest BCUT2D eigenvalue weighted by Crippen LogP contribution is 2.12. The lowest BCUT2D eigenvalue weighted by Crippen LogP contribution is -2.56. The third-order valence-electron chi connectivity index (χ3n) is 6.16. The van der Waals surface area contributed by atoms with Crippen LogP contribution in [0.2, 0.25) is 0 Å². The van der Waals surface area contributed by atoms with Crippen LogP contribution in [0.3, 0.4) is 0 Å². The van der Waals surface area contributed by atoms with E-state index < -0.39 is 41.5 Å². The lowest BCUT2D eigenvalue weighted by atomic mass is 10.0. The number of ether oxygens (including phenoxy) is 1. The van der Waals surface area contributed by atoms with Crippen molar-refractivity contribution < 1.29 is 33.5 Å². The zero-order chi connectivity index (χ0) is 30.5. The van der Waals surface area contributed by atoms with Gasteiger partial charge < -0.3 is 26.4 Å². The van der Waals surface area contributed by atoms with Crippen LogP contribution in [0.5, 0.6) is 0 Å². The quantitative estimate of drug-likeness (QED) is 0.115. The van der Waals surface area contributed by atoms with Crippen molar-refractivity contribution in [1.29, 1.82) is 0 Å². The Morgan fingerprint density at radius 1 is 0.875 bits per heavy atom. The third-order valence-corrected chi connectivity index (χ3v) is 6.16. The first-order valence-electron chi connectivity index (χ1n) is 14.0. The van der Waals surface area contributed by atoms with Crippen molar-refractivity contribution >= 4 is 35.5 Å². The average Bonchev–Trinajstić information content (AvgIpc) is 3.17. The second-order valence-corrected chi connectivity index (χ2v) is 11.4. The summed E-state index contributed by atoms with van der Waals surface area (Å²) in [5.41, 5.74) is 4.83. The van der Waals surface area contributed by atoms with Crippen LogP contribution in [0.25, 0.3) is 0 Å². The zero-order valence-corrected chi connectivity index (χ0v) is 24.7. The molecule has 1 aliphatic heterocycles. The summed E-state index contributed by atoms with van der Waals surface area (Å²) in [7, 11) is 0. The Labute approximate surface area is 237 Å². The van der Waals surface area contributed by atoms with E-state index in [4.69, 9.17) is 10.5 Å². The van der Waals surface area contributed by atoms with Gasteiger partial charge in [0.2, 0.25) is 17.7 Å². The van der Waals surface area contributed by atoms with Gasteiger partial charge in [0, 0.05) is 25.1 Å². The van der Waals surface area contributed by atoms with Gasteiger partial charge in [0.1, 0.15) is 23.7 Å². The number of esters is 1. The molecule has 0 radical (unpaired) electrons. The molecule has 0 aromatic heterocycles. The molecular weight excluding hydrogens is 518 g/mol. The lowest BCUT2D eigenvalue weighted by Gasteiger charge is -2.27. The second-order valence-electron chi connectivity index (χ2n) is 11.4. The maximum absolute atomic E-state index is 13.0. The molecule has 1 aliphatic rings. The van der Waals surface area contributed by atoms with Crippen LogP contribution in [0.1, 0.15) is 86.5 Å². The number of imide groups is 1. The van der Waals surface area contributed by atoms with Gasteiger partial charge in [-0.2, -0.15) is 0 Å². The summed E-state index contributed by atoms with van der Waals surface area (Å²) in [4.78, 5) is 75.3. The van der Waals surface area contributed by atoms with Gasteiger partial charge in [-0.25, -0.2) is 4.79 Å². The first-order valence-corrected chi connectivity index (χ1v) is 14.0. The number of carbonyl (C=O) groups is 6. The standard InChI is InChI=1S/C28H47N5O7/c1-18(2)24(32-21(34)13-8-7-11-17-33-22(35)14-15-23(33)36)26(38)30-19(3)25(37)31-20(12-9-10-16-29)27(39)40-28(4,5)6/h14-15,18-20,24H,7-13,16-17,29H2,1-6H3,(H,30,38)(H,31,37)(H,32,34). The molecule has 0 saturated heterocycles. The van der Waals surface area contributed by atoms with Crippen LogP contribution >= 0.6 is 0 Å². The highest BCUT2D eigenvalue weighted by Gasteiger charge is 2.30. The van der Waals surface area contributed by atoms with Gasteiger partial charge in [0.05, 0.1) is 0 Å². The summed E-state index contributed by atoms with van der Waals surface area (Å²) >= 11 is 0. The van der Waals surface area contributed by atoms with E-state index in [2.05, 4.69) is 16.0 Å². The molecule has 5 amide bonds. The van der Waals surface area contributed by atoms with Crippen LogP contribution < -0.4 is 21.7 Å². The summed E-state index contributed by atoms with van der Waals surface area (Å²) in [5, 5.41) is 8.03. The number of rotatable bonds is 17. The van der Waals surface area contributed by atoms with Gasteiger partial charge in [-0.1, -0.05) is 20.3 Å². The molecule has 5 N–H and O–H groups in total. The molecule has 1 rings (SSSR count). The molecule has 0 aromatic carbocycles. The maximum Gasteiger partial charge on any atom is 0.329 e. The molecule has 12 heteroatoms. The first-order chi connectivity index (χ1) is 18.7. The number of unbranched alkanes of at least 4 members (excludes halogenated alkanes) is 3. The molecule has 0 aliphatic carbocycles. The second kappa shape index (κ2) is 16.7. The molecular formula is C28H47N5O7. The normalized spacial score (nSPS) is 15.6. The van der Waals surface area contributed by atoms with Crippen molar-refractivity contribution in [3.8, 4) is 0 Å². The summed E-state index contributed by atoms with van der Waals surface area (Å²) in [6.45, 7) is 11.0. The highest BCUT2D eigenvalue weighted by molar-refractivity contribution is 6.12. The monoisotopic (exact) mass is 565 g/mol.